The van der Waals surface area contributed by atoms with Crippen molar-refractivity contribution >= 4 is 23.4 Å². The monoisotopic (exact) mass is 389 g/mol. The van der Waals surface area contributed by atoms with Gasteiger partial charge in [-0.15, -0.1) is 10.2 Å². The van der Waals surface area contributed by atoms with Crippen LogP contribution in [0, 0.1) is 0 Å². The molecule has 9 heteroatoms. The highest BCUT2D eigenvalue weighted by molar-refractivity contribution is 7.99. The number of thioether (sulfide) groups is 1. The SMILES string of the molecule is CCOc1ccc(OCC)c(NC(=O)CSc2nnc(-c3ccco3)o2)c1. The Hall–Kier alpha value is -2.94. The fourth-order valence-electron chi connectivity index (χ4n) is 2.23. The second-order valence-corrected chi connectivity index (χ2v) is 6.14. The number of ether oxygens (including phenoxy) is 2. The lowest BCUT2D eigenvalue weighted by molar-refractivity contribution is -0.113. The molecular weight excluding hydrogens is 370 g/mol. The van der Waals surface area contributed by atoms with Gasteiger partial charge < -0.3 is 23.6 Å². The summed E-state index contributed by atoms with van der Waals surface area (Å²) >= 11 is 1.13. The summed E-state index contributed by atoms with van der Waals surface area (Å²) in [6.07, 6.45) is 1.52. The average Bonchev–Trinajstić information content (AvgIpc) is 3.34. The second-order valence-electron chi connectivity index (χ2n) is 5.21. The first kappa shape index (κ1) is 18.8. The van der Waals surface area contributed by atoms with Crippen molar-refractivity contribution in [3.63, 3.8) is 0 Å². The molecule has 1 amide bonds. The van der Waals surface area contributed by atoms with Gasteiger partial charge in [-0.05, 0) is 38.1 Å². The third kappa shape index (κ3) is 5.04. The van der Waals surface area contributed by atoms with Gasteiger partial charge in [0.15, 0.2) is 5.76 Å². The maximum atomic E-state index is 12.3. The van der Waals surface area contributed by atoms with Gasteiger partial charge in [0.2, 0.25) is 5.91 Å². The van der Waals surface area contributed by atoms with E-state index in [0.29, 0.717) is 36.2 Å². The molecule has 8 nitrogen and oxygen atoms in total. The molecule has 0 bridgehead atoms. The van der Waals surface area contributed by atoms with E-state index >= 15 is 0 Å². The van der Waals surface area contributed by atoms with Gasteiger partial charge >= 0.3 is 0 Å². The molecule has 0 atom stereocenters. The Morgan fingerprint density at radius 1 is 1.19 bits per heavy atom. The van der Waals surface area contributed by atoms with Gasteiger partial charge in [0, 0.05) is 6.07 Å². The third-order valence-electron chi connectivity index (χ3n) is 3.30. The largest absolute Gasteiger partial charge is 0.494 e. The summed E-state index contributed by atoms with van der Waals surface area (Å²) in [4.78, 5) is 12.3. The number of carbonyl (C=O) groups excluding carboxylic acids is 1. The van der Waals surface area contributed by atoms with E-state index in [1.807, 2.05) is 13.8 Å². The minimum absolute atomic E-state index is 0.101. The Bertz CT molecular complexity index is 879. The summed E-state index contributed by atoms with van der Waals surface area (Å²) in [7, 11) is 0. The first-order chi connectivity index (χ1) is 13.2. The number of amides is 1. The molecule has 3 rings (SSSR count). The zero-order valence-electron chi connectivity index (χ0n) is 14.9. The van der Waals surface area contributed by atoms with Crippen molar-refractivity contribution in [3.8, 4) is 23.1 Å². The van der Waals surface area contributed by atoms with E-state index in [1.54, 1.807) is 30.3 Å². The van der Waals surface area contributed by atoms with Gasteiger partial charge in [0.25, 0.3) is 11.1 Å². The number of carbonyl (C=O) groups is 1. The Labute approximate surface area is 160 Å². The minimum Gasteiger partial charge on any atom is -0.494 e. The number of hydrogen-bond acceptors (Lipinski definition) is 8. The summed E-state index contributed by atoms with van der Waals surface area (Å²) in [5.74, 6) is 1.86. The van der Waals surface area contributed by atoms with E-state index in [2.05, 4.69) is 15.5 Å². The van der Waals surface area contributed by atoms with Crippen molar-refractivity contribution in [2.75, 3.05) is 24.3 Å². The van der Waals surface area contributed by atoms with Crippen molar-refractivity contribution in [1.29, 1.82) is 0 Å². The van der Waals surface area contributed by atoms with Crippen molar-refractivity contribution in [2.24, 2.45) is 0 Å². The molecular formula is C18H19N3O5S. The van der Waals surface area contributed by atoms with Gasteiger partial charge in [-0.1, -0.05) is 11.8 Å². The number of anilines is 1. The molecule has 0 radical (unpaired) electrons. The van der Waals surface area contributed by atoms with Crippen LogP contribution in [-0.4, -0.2) is 35.1 Å². The van der Waals surface area contributed by atoms with Crippen LogP contribution in [0.4, 0.5) is 5.69 Å². The predicted molar refractivity (Wildman–Crippen MR) is 100 cm³/mol. The molecule has 2 heterocycles. The molecule has 3 aromatic rings. The maximum absolute atomic E-state index is 12.3. The smallest absolute Gasteiger partial charge is 0.284 e. The van der Waals surface area contributed by atoms with Gasteiger partial charge in [-0.2, -0.15) is 0 Å². The van der Waals surface area contributed by atoms with Crippen LogP contribution in [0.3, 0.4) is 0 Å². The Balaban J connectivity index is 1.61. The van der Waals surface area contributed by atoms with E-state index < -0.39 is 0 Å². The molecule has 0 spiro atoms. The quantitative estimate of drug-likeness (QED) is 0.551. The summed E-state index contributed by atoms with van der Waals surface area (Å²) in [5.41, 5.74) is 0.551. The van der Waals surface area contributed by atoms with Crippen LogP contribution in [0.15, 0.2) is 50.7 Å². The molecule has 1 aromatic carbocycles. The summed E-state index contributed by atoms with van der Waals surface area (Å²) in [5, 5.41) is 10.9. The van der Waals surface area contributed by atoms with Crippen molar-refractivity contribution in [3.05, 3.63) is 36.6 Å². The van der Waals surface area contributed by atoms with Gasteiger partial charge in [-0.25, -0.2) is 0 Å². The molecule has 0 unspecified atom stereocenters. The van der Waals surface area contributed by atoms with E-state index in [1.165, 1.54) is 6.26 Å². The predicted octanol–water partition coefficient (Wildman–Crippen LogP) is 3.86. The van der Waals surface area contributed by atoms with Crippen molar-refractivity contribution in [2.45, 2.75) is 19.1 Å². The standard InChI is InChI=1S/C18H19N3O5S/c1-3-23-12-7-8-14(24-4-2)13(10-12)19-16(22)11-27-18-21-20-17(26-18)15-6-5-9-25-15/h5-10H,3-4,11H2,1-2H3,(H,19,22). The lowest BCUT2D eigenvalue weighted by atomic mass is 10.2. The fourth-order valence-corrected chi connectivity index (χ4v) is 2.79. The number of hydrogen-bond donors (Lipinski definition) is 1. The zero-order chi connectivity index (χ0) is 19.1. The van der Waals surface area contributed by atoms with Crippen molar-refractivity contribution in [1.82, 2.24) is 10.2 Å². The Morgan fingerprint density at radius 3 is 2.78 bits per heavy atom. The lowest BCUT2D eigenvalue weighted by Crippen LogP contribution is -2.15. The highest BCUT2D eigenvalue weighted by atomic mass is 32.2. The van der Waals surface area contributed by atoms with E-state index in [-0.39, 0.29) is 22.8 Å². The number of aromatic nitrogens is 2. The second kappa shape index (κ2) is 9.13. The highest BCUT2D eigenvalue weighted by Crippen LogP contribution is 2.30. The third-order valence-corrected chi connectivity index (χ3v) is 4.12. The van der Waals surface area contributed by atoms with Crippen LogP contribution in [0.1, 0.15) is 13.8 Å². The summed E-state index contributed by atoms with van der Waals surface area (Å²) in [6.45, 7) is 4.80. The van der Waals surface area contributed by atoms with Crippen LogP contribution in [0.25, 0.3) is 11.7 Å². The van der Waals surface area contributed by atoms with E-state index in [0.717, 1.165) is 11.8 Å². The first-order valence-corrected chi connectivity index (χ1v) is 9.37. The van der Waals surface area contributed by atoms with E-state index in [4.69, 9.17) is 18.3 Å². The molecule has 0 aliphatic heterocycles. The molecule has 0 saturated carbocycles. The Morgan fingerprint density at radius 2 is 2.04 bits per heavy atom. The lowest BCUT2D eigenvalue weighted by Gasteiger charge is -2.13. The average molecular weight is 389 g/mol. The summed E-state index contributed by atoms with van der Waals surface area (Å²) in [6, 6.07) is 8.75. The Kier molecular flexibility index (Phi) is 6.37. The van der Waals surface area contributed by atoms with Crippen LogP contribution in [0.5, 0.6) is 11.5 Å². The topological polar surface area (TPSA) is 99.6 Å². The van der Waals surface area contributed by atoms with Crippen LogP contribution >= 0.6 is 11.8 Å². The van der Waals surface area contributed by atoms with E-state index in [9.17, 15) is 4.79 Å². The van der Waals surface area contributed by atoms with Gasteiger partial charge in [-0.3, -0.25) is 4.79 Å². The summed E-state index contributed by atoms with van der Waals surface area (Å²) < 4.78 is 21.7. The highest BCUT2D eigenvalue weighted by Gasteiger charge is 2.14. The molecule has 0 aliphatic carbocycles. The van der Waals surface area contributed by atoms with Gasteiger partial charge in [0.1, 0.15) is 11.5 Å². The van der Waals surface area contributed by atoms with Crippen LogP contribution < -0.4 is 14.8 Å². The molecule has 0 aliphatic rings. The number of rotatable bonds is 9. The number of nitrogens with one attached hydrogen (secondary N) is 1. The number of benzene rings is 1. The van der Waals surface area contributed by atoms with Crippen LogP contribution in [-0.2, 0) is 4.79 Å². The maximum Gasteiger partial charge on any atom is 0.284 e. The minimum atomic E-state index is -0.229. The zero-order valence-corrected chi connectivity index (χ0v) is 15.7. The van der Waals surface area contributed by atoms with Gasteiger partial charge in [0.05, 0.1) is 30.9 Å². The first-order valence-electron chi connectivity index (χ1n) is 8.39. The molecule has 2 aromatic heterocycles. The molecule has 0 fully saturated rings. The number of nitrogens with zero attached hydrogens (tertiary/aromatic N) is 2. The molecule has 27 heavy (non-hydrogen) atoms. The molecule has 1 N–H and O–H groups in total. The van der Waals surface area contributed by atoms with Crippen LogP contribution in [0.2, 0.25) is 0 Å². The fraction of sp³-hybridized carbons (Fsp3) is 0.278. The molecule has 142 valence electrons. The normalized spacial score (nSPS) is 10.6. The number of furan rings is 1. The van der Waals surface area contributed by atoms with Crippen molar-refractivity contribution < 1.29 is 23.1 Å². The molecule has 0 saturated heterocycles.